The van der Waals surface area contributed by atoms with E-state index in [9.17, 15) is 0 Å². The van der Waals surface area contributed by atoms with Crippen molar-refractivity contribution in [3.63, 3.8) is 0 Å². The molecule has 308 valence electrons. The Morgan fingerprint density at radius 2 is 0.122 bits per heavy atom. The van der Waals surface area contributed by atoms with Gasteiger partial charge in [-0.05, 0) is 0 Å². The van der Waals surface area contributed by atoms with E-state index in [0.29, 0.717) is 0 Å². The maximum atomic E-state index is 0. The summed E-state index contributed by atoms with van der Waals surface area (Å²) in [5, 5.41) is 0. The van der Waals surface area contributed by atoms with Gasteiger partial charge < -0.3 is 190 Å². The zero-order valence-electron chi connectivity index (χ0n) is 20.8. The zero-order valence-corrected chi connectivity index (χ0v) is 34.8. The van der Waals surface area contributed by atoms with E-state index in [1.165, 1.54) is 0 Å². The smallest absolute Gasteiger partial charge is 0.870 e. The molecule has 0 saturated carbocycles. The van der Waals surface area contributed by atoms with Crippen molar-refractivity contribution in [2.24, 2.45) is 0 Å². The summed E-state index contributed by atoms with van der Waals surface area (Å²) in [5.74, 6) is 0. The van der Waals surface area contributed by atoms with Crippen molar-refractivity contribution in [3.8, 4) is 0 Å². The number of rotatable bonds is 0. The third-order valence-electron chi connectivity index (χ3n) is 0. The van der Waals surface area contributed by atoms with Crippen LogP contribution in [0.2, 0.25) is 0 Å². The molecule has 0 rings (SSSR count). The van der Waals surface area contributed by atoms with Crippen LogP contribution in [0.1, 0.15) is 0 Å². The fraction of sp³-hybridized carbons (Fsp3) is 0. The topological polar surface area (TPSA) is 1080 Å². The SMILES string of the molecule is N.N.N.N.N.N.O.O.O.O.O.O.O.O.O.O.O.O.O.O.O.O.O.O.O.O.O.O.[Mo+2].[Mo+2].[Mo+2].[Mo].[Mo].[Mo].[Mo].[OH-].[OH-].[OH-].[OH-].[OH-].[OH-]. The van der Waals surface area contributed by atoms with Gasteiger partial charge in [0.05, 0.1) is 0 Å². The van der Waals surface area contributed by atoms with E-state index >= 15 is 0 Å². The number of hydrogen-bond donors (Lipinski definition) is 6. The predicted molar refractivity (Wildman–Crippen MR) is 121 cm³/mol. The maximum absolute atomic E-state index is 0. The van der Waals surface area contributed by atoms with Crippen LogP contribution in [0.25, 0.3) is 0 Å². The Balaban J connectivity index is 0. The average Bonchev–Trinajstić information content (AvgIpc) is 0. The van der Waals surface area contributed by atoms with Gasteiger partial charge in [0.25, 0.3) is 0 Å². The molecule has 0 bridgehead atoms. The summed E-state index contributed by atoms with van der Waals surface area (Å²) in [6.07, 6.45) is 0. The summed E-state index contributed by atoms with van der Waals surface area (Å²) in [4.78, 5) is 0. The Kier molecular flexibility index (Phi) is 1120000. The molecule has 41 heteroatoms. The second kappa shape index (κ2) is 6550. The molecule has 68 N–H and O–H groups in total. The van der Waals surface area contributed by atoms with Crippen molar-refractivity contribution in [2.75, 3.05) is 0 Å². The third-order valence-corrected chi connectivity index (χ3v) is 0. The molecule has 0 unspecified atom stereocenters. The Hall–Kier alpha value is 3.46. The summed E-state index contributed by atoms with van der Waals surface area (Å²) in [5.41, 5.74) is 0. The number of hydrogen-bond acceptors (Lipinski definition) is 12. The van der Waals surface area contributed by atoms with E-state index in [1.54, 1.807) is 0 Å². The first kappa shape index (κ1) is 7020. The summed E-state index contributed by atoms with van der Waals surface area (Å²) in [6.45, 7) is 0. The first-order chi connectivity index (χ1) is 0. The van der Waals surface area contributed by atoms with E-state index in [2.05, 4.69) is 0 Å². The molecule has 0 amide bonds. The molecule has 0 saturated heterocycles. The largest absolute Gasteiger partial charge is 2.00 e. The Labute approximate surface area is 334 Å². The van der Waals surface area contributed by atoms with Gasteiger partial charge >= 0.3 is 63.2 Å². The maximum Gasteiger partial charge on any atom is 2.00 e. The van der Waals surface area contributed by atoms with Crippen LogP contribution in [-0.2, 0) is 147 Å². The second-order valence-electron chi connectivity index (χ2n) is 0. The first-order valence-electron chi connectivity index (χ1n) is 0. The van der Waals surface area contributed by atoms with Crippen LogP contribution in [0.4, 0.5) is 0 Å². The summed E-state index contributed by atoms with van der Waals surface area (Å²) >= 11 is 0. The van der Waals surface area contributed by atoms with E-state index in [-0.39, 0.29) is 338 Å². The fourth-order valence-corrected chi connectivity index (χ4v) is 0. The molecule has 0 atom stereocenters. The molecule has 0 heterocycles. The van der Waals surface area contributed by atoms with Crippen LogP contribution >= 0.6 is 0 Å². The van der Waals surface area contributed by atoms with Gasteiger partial charge in [0.15, 0.2) is 0 Å². The summed E-state index contributed by atoms with van der Waals surface area (Å²) < 4.78 is 0. The van der Waals surface area contributed by atoms with Crippen molar-refractivity contribution in [3.05, 3.63) is 0 Å². The molecule has 0 aliphatic heterocycles. The molecular formula is H68Mo7N6O28. The second-order valence-corrected chi connectivity index (χ2v) is 0. The predicted octanol–water partition coefficient (Wildman–Crippen LogP) is -18.2. The van der Waals surface area contributed by atoms with Gasteiger partial charge in [0, 0.05) is 84.3 Å². The minimum absolute atomic E-state index is 0. The normalized spacial score (nSPS) is 0. The van der Waals surface area contributed by atoms with E-state index < -0.39 is 0 Å². The summed E-state index contributed by atoms with van der Waals surface area (Å²) in [6, 6.07) is 0. The summed E-state index contributed by atoms with van der Waals surface area (Å²) in [7, 11) is 0. The van der Waals surface area contributed by atoms with Crippen molar-refractivity contribution in [2.45, 2.75) is 0 Å². The van der Waals surface area contributed by atoms with Gasteiger partial charge in [-0.1, -0.05) is 0 Å². The van der Waals surface area contributed by atoms with Gasteiger partial charge in [-0.3, -0.25) is 0 Å². The molecule has 41 heavy (non-hydrogen) atoms. The molecule has 0 spiro atoms. The van der Waals surface area contributed by atoms with Gasteiger partial charge in [0.2, 0.25) is 0 Å². The van der Waals surface area contributed by atoms with Gasteiger partial charge in [0.1, 0.15) is 0 Å². The molecule has 34 nitrogen and oxygen atoms in total. The Morgan fingerprint density at radius 1 is 0.122 bits per heavy atom. The molecular weight excluding hydrogens is 1200 g/mol. The molecule has 0 aliphatic carbocycles. The van der Waals surface area contributed by atoms with Crippen LogP contribution < -0.4 is 36.9 Å². The van der Waals surface area contributed by atoms with E-state index in [1.807, 2.05) is 0 Å². The van der Waals surface area contributed by atoms with Crippen LogP contribution in [0, 0.1) is 0 Å². The standard InChI is InChI=1S/7Mo.6H3N.28H2O/h;;;;;;;6*1H3;28*1H2/q;;;;3*+2;;;;;;;;;;;;;;;;;;;;;;;;;;;;;;;;;;/p-6. The van der Waals surface area contributed by atoms with Gasteiger partial charge in [-0.2, -0.15) is 0 Å². The fourth-order valence-electron chi connectivity index (χ4n) is 0. The Bertz CT molecular complexity index is 49.9. The minimum Gasteiger partial charge on any atom is -0.870 e. The van der Waals surface area contributed by atoms with Gasteiger partial charge in [-0.15, -0.1) is 0 Å². The van der Waals surface area contributed by atoms with Gasteiger partial charge in [-0.25, -0.2) is 0 Å². The molecule has 0 aromatic carbocycles. The molecule has 0 aromatic rings. The first-order valence-corrected chi connectivity index (χ1v) is 0. The van der Waals surface area contributed by atoms with E-state index in [4.69, 9.17) is 0 Å². The Morgan fingerprint density at radius 3 is 0.122 bits per heavy atom. The van der Waals surface area contributed by atoms with E-state index in [0.717, 1.165) is 0 Å². The quantitative estimate of drug-likeness (QED) is 0.123. The molecule has 0 aliphatic rings. The van der Waals surface area contributed by atoms with Crippen molar-refractivity contribution in [1.82, 2.24) is 36.9 Å². The molecule has 0 aromatic heterocycles. The molecule has 0 fully saturated rings. The monoisotopic (exact) mass is 1290 g/mol. The van der Waals surface area contributed by atoms with Crippen LogP contribution in [0.5, 0.6) is 0 Å². The van der Waals surface area contributed by atoms with Crippen molar-refractivity contribution in [1.29, 1.82) is 0 Å². The van der Waals surface area contributed by atoms with Crippen LogP contribution in [0.3, 0.4) is 0 Å². The van der Waals surface area contributed by atoms with Crippen molar-refractivity contribution < 1.29 is 301 Å². The average molecular weight is 1270 g/mol. The zero-order chi connectivity index (χ0) is 0. The van der Waals surface area contributed by atoms with Crippen LogP contribution in [-0.4, -0.2) is 153 Å². The minimum atomic E-state index is 0. The third kappa shape index (κ3) is 6250. The van der Waals surface area contributed by atoms with Crippen LogP contribution in [0.15, 0.2) is 0 Å². The van der Waals surface area contributed by atoms with Crippen molar-refractivity contribution >= 4 is 0 Å². The molecule has 0 radical (unpaired) electrons.